The first-order valence-corrected chi connectivity index (χ1v) is 9.68. The number of hydrogen-bond donors (Lipinski definition) is 3. The van der Waals surface area contributed by atoms with E-state index in [9.17, 15) is 9.90 Å². The third-order valence-corrected chi connectivity index (χ3v) is 4.80. The molecule has 0 amide bonds. The number of hydrogen-bond acceptors (Lipinski definition) is 8. The number of anilines is 2. The van der Waals surface area contributed by atoms with Crippen molar-refractivity contribution in [2.24, 2.45) is 0 Å². The Morgan fingerprint density at radius 3 is 2.58 bits per heavy atom. The molecule has 4 aromatic rings. The fourth-order valence-corrected chi connectivity index (χ4v) is 3.27. The van der Waals surface area contributed by atoms with Crippen molar-refractivity contribution in [2.45, 2.75) is 19.5 Å². The third kappa shape index (κ3) is 4.55. The van der Waals surface area contributed by atoms with Crippen LogP contribution in [0.4, 0.5) is 11.8 Å². The zero-order valence-electron chi connectivity index (χ0n) is 16.9. The molecule has 2 heterocycles. The second-order valence-corrected chi connectivity index (χ2v) is 7.01. The Labute approximate surface area is 178 Å². The van der Waals surface area contributed by atoms with Gasteiger partial charge in [-0.05, 0) is 16.7 Å². The van der Waals surface area contributed by atoms with E-state index < -0.39 is 0 Å². The SMILES string of the molecule is COC(=O)Cc1cccc(Cn2c(O)nc3c(N)nc(NCc4ccccc4)nc32)c1. The number of imidazole rings is 1. The van der Waals surface area contributed by atoms with Crippen molar-refractivity contribution in [3.63, 3.8) is 0 Å². The highest BCUT2D eigenvalue weighted by molar-refractivity contribution is 5.84. The minimum absolute atomic E-state index is 0.170. The predicted octanol–water partition coefficient (Wildman–Crippen LogP) is 2.49. The highest BCUT2D eigenvalue weighted by Crippen LogP contribution is 2.25. The van der Waals surface area contributed by atoms with Crippen LogP contribution in [-0.4, -0.2) is 37.7 Å². The van der Waals surface area contributed by atoms with Gasteiger partial charge in [0.2, 0.25) is 5.95 Å². The van der Waals surface area contributed by atoms with Crippen molar-refractivity contribution in [1.29, 1.82) is 0 Å². The van der Waals surface area contributed by atoms with E-state index in [-0.39, 0.29) is 24.2 Å². The van der Waals surface area contributed by atoms with Crippen LogP contribution in [0.3, 0.4) is 0 Å². The summed E-state index contributed by atoms with van der Waals surface area (Å²) in [7, 11) is 1.36. The van der Waals surface area contributed by atoms with Crippen LogP contribution >= 0.6 is 0 Å². The topological polar surface area (TPSA) is 128 Å². The molecule has 4 N–H and O–H groups in total. The zero-order chi connectivity index (χ0) is 21.8. The van der Waals surface area contributed by atoms with Crippen molar-refractivity contribution in [3.8, 4) is 6.01 Å². The summed E-state index contributed by atoms with van der Waals surface area (Å²) in [6.07, 6.45) is 0.170. The Balaban J connectivity index is 1.62. The number of nitrogens with one attached hydrogen (secondary N) is 1. The number of nitrogens with zero attached hydrogens (tertiary/aromatic N) is 4. The molecule has 0 saturated heterocycles. The molecule has 0 unspecified atom stereocenters. The van der Waals surface area contributed by atoms with Gasteiger partial charge in [0.25, 0.3) is 6.01 Å². The second-order valence-electron chi connectivity index (χ2n) is 7.01. The van der Waals surface area contributed by atoms with Crippen LogP contribution in [0.15, 0.2) is 54.6 Å². The van der Waals surface area contributed by atoms with Gasteiger partial charge >= 0.3 is 5.97 Å². The number of nitrogens with two attached hydrogens (primary N) is 1. The fraction of sp³-hybridized carbons (Fsp3) is 0.182. The summed E-state index contributed by atoms with van der Waals surface area (Å²) in [4.78, 5) is 24.4. The van der Waals surface area contributed by atoms with Gasteiger partial charge in [0, 0.05) is 6.54 Å². The number of nitrogen functional groups attached to an aromatic ring is 1. The molecule has 0 fully saturated rings. The van der Waals surface area contributed by atoms with E-state index in [1.807, 2.05) is 54.6 Å². The van der Waals surface area contributed by atoms with E-state index in [2.05, 4.69) is 20.3 Å². The Hall–Kier alpha value is -4.14. The molecule has 2 aromatic carbocycles. The number of rotatable bonds is 7. The molecule has 0 radical (unpaired) electrons. The zero-order valence-corrected chi connectivity index (χ0v) is 16.9. The summed E-state index contributed by atoms with van der Waals surface area (Å²) in [6, 6.07) is 17.1. The van der Waals surface area contributed by atoms with Gasteiger partial charge < -0.3 is 20.9 Å². The number of fused-ring (bicyclic) bond motifs is 1. The fourth-order valence-electron chi connectivity index (χ4n) is 3.27. The molecule has 158 valence electrons. The molecule has 0 aliphatic carbocycles. The molecule has 31 heavy (non-hydrogen) atoms. The number of benzene rings is 2. The van der Waals surface area contributed by atoms with Crippen molar-refractivity contribution in [2.75, 3.05) is 18.2 Å². The molecule has 0 saturated carbocycles. The maximum atomic E-state index is 11.6. The van der Waals surface area contributed by atoms with E-state index in [0.717, 1.165) is 16.7 Å². The molecule has 9 heteroatoms. The summed E-state index contributed by atoms with van der Waals surface area (Å²) in [5.41, 5.74) is 9.56. The van der Waals surface area contributed by atoms with Gasteiger partial charge in [-0.25, -0.2) is 0 Å². The molecule has 2 aromatic heterocycles. The minimum atomic E-state index is -0.317. The average Bonchev–Trinajstić information content (AvgIpc) is 3.09. The molecule has 0 aliphatic heterocycles. The lowest BCUT2D eigenvalue weighted by atomic mass is 10.1. The smallest absolute Gasteiger partial charge is 0.309 e. The molecule has 0 atom stereocenters. The van der Waals surface area contributed by atoms with E-state index in [1.165, 1.54) is 7.11 Å². The molecule has 0 spiro atoms. The van der Waals surface area contributed by atoms with Crippen LogP contribution < -0.4 is 11.1 Å². The van der Waals surface area contributed by atoms with Gasteiger partial charge in [0.05, 0.1) is 20.1 Å². The number of ether oxygens (including phenoxy) is 1. The Bertz CT molecular complexity index is 1220. The summed E-state index contributed by atoms with van der Waals surface area (Å²) in [5, 5.41) is 13.6. The van der Waals surface area contributed by atoms with E-state index in [4.69, 9.17) is 10.5 Å². The van der Waals surface area contributed by atoms with Gasteiger partial charge in [-0.15, -0.1) is 0 Å². The van der Waals surface area contributed by atoms with Gasteiger partial charge in [-0.2, -0.15) is 15.0 Å². The Morgan fingerprint density at radius 1 is 1.06 bits per heavy atom. The number of aromatic nitrogens is 4. The summed E-state index contributed by atoms with van der Waals surface area (Å²) in [5.74, 6) is 0.200. The first-order chi connectivity index (χ1) is 15.0. The monoisotopic (exact) mass is 418 g/mol. The van der Waals surface area contributed by atoms with Crippen LogP contribution in [0.2, 0.25) is 0 Å². The lowest BCUT2D eigenvalue weighted by Gasteiger charge is -2.09. The average molecular weight is 418 g/mol. The van der Waals surface area contributed by atoms with Gasteiger partial charge in [0.1, 0.15) is 0 Å². The molecule has 9 nitrogen and oxygen atoms in total. The molecular weight excluding hydrogens is 396 g/mol. The number of carbonyl (C=O) groups excluding carboxylic acids is 1. The standard InChI is InChI=1S/C22H22N6O3/c1-31-17(29)11-15-8-5-9-16(10-15)13-28-20-18(25-22(28)30)19(23)26-21(27-20)24-12-14-6-3-2-4-7-14/h2-10H,11-13H2,1H3,(H,25,30)(H3,23,24,26,27). The summed E-state index contributed by atoms with van der Waals surface area (Å²) >= 11 is 0. The predicted molar refractivity (Wildman–Crippen MR) is 116 cm³/mol. The normalized spacial score (nSPS) is 10.9. The minimum Gasteiger partial charge on any atom is -0.480 e. The lowest BCUT2D eigenvalue weighted by Crippen LogP contribution is -2.08. The lowest BCUT2D eigenvalue weighted by molar-refractivity contribution is -0.139. The molecule has 0 aliphatic rings. The first kappa shape index (κ1) is 20.1. The van der Waals surface area contributed by atoms with Gasteiger partial charge in [-0.3, -0.25) is 9.36 Å². The number of methoxy groups -OCH3 is 1. The Morgan fingerprint density at radius 2 is 1.81 bits per heavy atom. The second kappa shape index (κ2) is 8.70. The Kier molecular flexibility index (Phi) is 5.65. The molecular formula is C22H22N6O3. The molecule has 0 bridgehead atoms. The van der Waals surface area contributed by atoms with Crippen molar-refractivity contribution in [3.05, 3.63) is 71.3 Å². The van der Waals surface area contributed by atoms with E-state index in [0.29, 0.717) is 30.2 Å². The van der Waals surface area contributed by atoms with Crippen LogP contribution in [0.5, 0.6) is 6.01 Å². The summed E-state index contributed by atoms with van der Waals surface area (Å²) < 4.78 is 6.28. The van der Waals surface area contributed by atoms with E-state index >= 15 is 0 Å². The maximum Gasteiger partial charge on any atom is 0.309 e. The van der Waals surface area contributed by atoms with Crippen molar-refractivity contribution < 1.29 is 14.6 Å². The van der Waals surface area contributed by atoms with Gasteiger partial charge in [0.15, 0.2) is 17.0 Å². The van der Waals surface area contributed by atoms with Crippen molar-refractivity contribution >= 4 is 28.9 Å². The maximum absolute atomic E-state index is 11.6. The highest BCUT2D eigenvalue weighted by atomic mass is 16.5. The van der Waals surface area contributed by atoms with Crippen LogP contribution in [0.1, 0.15) is 16.7 Å². The van der Waals surface area contributed by atoms with Gasteiger partial charge in [-0.1, -0.05) is 54.6 Å². The third-order valence-electron chi connectivity index (χ3n) is 4.80. The largest absolute Gasteiger partial charge is 0.480 e. The van der Waals surface area contributed by atoms with E-state index in [1.54, 1.807) is 4.57 Å². The quantitative estimate of drug-likeness (QED) is 0.391. The van der Waals surface area contributed by atoms with Crippen LogP contribution in [0, 0.1) is 0 Å². The number of carbonyl (C=O) groups is 1. The number of esters is 1. The van der Waals surface area contributed by atoms with Crippen molar-refractivity contribution in [1.82, 2.24) is 19.5 Å². The number of aromatic hydroxyl groups is 1. The first-order valence-electron chi connectivity index (χ1n) is 9.68. The summed E-state index contributed by atoms with van der Waals surface area (Å²) in [6.45, 7) is 0.827. The van der Waals surface area contributed by atoms with Crippen LogP contribution in [-0.2, 0) is 29.0 Å². The molecule has 4 rings (SSSR count). The van der Waals surface area contributed by atoms with Crippen LogP contribution in [0.25, 0.3) is 11.2 Å². The highest BCUT2D eigenvalue weighted by Gasteiger charge is 2.17.